The zero-order valence-electron chi connectivity index (χ0n) is 14.6. The van der Waals surface area contributed by atoms with Crippen LogP contribution in [0.25, 0.3) is 11.0 Å². The highest BCUT2D eigenvalue weighted by molar-refractivity contribution is 5.77. The molecule has 0 aliphatic rings. The number of fused-ring (bicyclic) bond motifs is 1. The standard InChI is InChI=1S/C19H18FN3O4/c1-12-2-5-14(6-3-12)27-11-17(24)21-8-9-23-16-7-4-13(20)10-15(16)22-18(25)19(23)26/h2-7,10H,8-9,11H2,1H3,(H,21,24)(H,22,25). The van der Waals surface area contributed by atoms with Crippen LogP contribution in [0.15, 0.2) is 52.1 Å². The highest BCUT2D eigenvalue weighted by Crippen LogP contribution is 2.11. The summed E-state index contributed by atoms with van der Waals surface area (Å²) >= 11 is 0. The second-order valence-corrected chi connectivity index (χ2v) is 6.02. The monoisotopic (exact) mass is 371 g/mol. The molecule has 1 heterocycles. The van der Waals surface area contributed by atoms with Gasteiger partial charge in [-0.05, 0) is 37.3 Å². The van der Waals surface area contributed by atoms with Crippen molar-refractivity contribution in [2.45, 2.75) is 13.5 Å². The number of ether oxygens (including phenoxy) is 1. The van der Waals surface area contributed by atoms with Gasteiger partial charge in [-0.3, -0.25) is 14.4 Å². The first-order valence-electron chi connectivity index (χ1n) is 8.32. The largest absolute Gasteiger partial charge is 0.484 e. The normalized spacial score (nSPS) is 10.7. The third kappa shape index (κ3) is 4.41. The van der Waals surface area contributed by atoms with Gasteiger partial charge in [0.15, 0.2) is 6.61 Å². The molecule has 2 aromatic carbocycles. The lowest BCUT2D eigenvalue weighted by Crippen LogP contribution is -2.39. The average Bonchev–Trinajstić information content (AvgIpc) is 2.64. The summed E-state index contributed by atoms with van der Waals surface area (Å²) in [5.41, 5.74) is 0.0726. The van der Waals surface area contributed by atoms with Gasteiger partial charge in [-0.15, -0.1) is 0 Å². The molecule has 1 aromatic heterocycles. The van der Waals surface area contributed by atoms with E-state index in [0.29, 0.717) is 11.3 Å². The molecule has 2 N–H and O–H groups in total. The molecule has 3 aromatic rings. The van der Waals surface area contributed by atoms with Gasteiger partial charge in [-0.1, -0.05) is 17.7 Å². The van der Waals surface area contributed by atoms with Crippen molar-refractivity contribution in [2.75, 3.05) is 13.2 Å². The molecule has 0 atom stereocenters. The number of H-pyrrole nitrogens is 1. The Morgan fingerprint density at radius 3 is 2.67 bits per heavy atom. The molecule has 8 heteroatoms. The number of benzene rings is 2. The van der Waals surface area contributed by atoms with Gasteiger partial charge in [0.05, 0.1) is 11.0 Å². The third-order valence-corrected chi connectivity index (χ3v) is 3.99. The van der Waals surface area contributed by atoms with Gasteiger partial charge in [0, 0.05) is 13.1 Å². The van der Waals surface area contributed by atoms with Crippen molar-refractivity contribution in [1.29, 1.82) is 0 Å². The van der Waals surface area contributed by atoms with Gasteiger partial charge in [0.25, 0.3) is 5.91 Å². The average molecular weight is 371 g/mol. The van der Waals surface area contributed by atoms with Gasteiger partial charge < -0.3 is 19.6 Å². The van der Waals surface area contributed by atoms with Gasteiger partial charge >= 0.3 is 11.1 Å². The number of nitrogens with one attached hydrogen (secondary N) is 2. The van der Waals surface area contributed by atoms with E-state index in [2.05, 4.69) is 10.3 Å². The molecular weight excluding hydrogens is 353 g/mol. The molecule has 27 heavy (non-hydrogen) atoms. The van der Waals surface area contributed by atoms with Gasteiger partial charge in [0.1, 0.15) is 11.6 Å². The maximum atomic E-state index is 13.3. The van der Waals surface area contributed by atoms with E-state index in [1.807, 2.05) is 19.1 Å². The van der Waals surface area contributed by atoms with Gasteiger partial charge in [0.2, 0.25) is 0 Å². The van der Waals surface area contributed by atoms with E-state index in [0.717, 1.165) is 11.6 Å². The van der Waals surface area contributed by atoms with E-state index in [9.17, 15) is 18.8 Å². The molecule has 7 nitrogen and oxygen atoms in total. The summed E-state index contributed by atoms with van der Waals surface area (Å²) in [4.78, 5) is 38.0. The summed E-state index contributed by atoms with van der Waals surface area (Å²) in [5, 5.41) is 2.63. The molecule has 1 amide bonds. The fourth-order valence-corrected chi connectivity index (χ4v) is 2.62. The number of carbonyl (C=O) groups excluding carboxylic acids is 1. The first-order chi connectivity index (χ1) is 12.9. The van der Waals surface area contributed by atoms with E-state index in [4.69, 9.17) is 4.74 Å². The number of hydrogen-bond donors (Lipinski definition) is 2. The first-order valence-corrected chi connectivity index (χ1v) is 8.32. The Balaban J connectivity index is 1.62. The molecule has 0 unspecified atom stereocenters. The second-order valence-electron chi connectivity index (χ2n) is 6.02. The second kappa shape index (κ2) is 7.86. The van der Waals surface area contributed by atoms with Crippen LogP contribution in [-0.2, 0) is 11.3 Å². The van der Waals surface area contributed by atoms with Gasteiger partial charge in [-0.25, -0.2) is 4.39 Å². The predicted molar refractivity (Wildman–Crippen MR) is 98.5 cm³/mol. The number of aryl methyl sites for hydroxylation is 1. The van der Waals surface area contributed by atoms with E-state index < -0.39 is 16.9 Å². The lowest BCUT2D eigenvalue weighted by molar-refractivity contribution is -0.123. The maximum absolute atomic E-state index is 13.3. The summed E-state index contributed by atoms with van der Waals surface area (Å²) < 4.78 is 19.9. The summed E-state index contributed by atoms with van der Waals surface area (Å²) in [6, 6.07) is 11.0. The van der Waals surface area contributed by atoms with Crippen LogP contribution in [0.1, 0.15) is 5.56 Å². The number of halogens is 1. The quantitative estimate of drug-likeness (QED) is 0.640. The van der Waals surface area contributed by atoms with E-state index in [1.165, 1.54) is 16.7 Å². The summed E-state index contributed by atoms with van der Waals surface area (Å²) in [6.45, 7) is 1.97. The Morgan fingerprint density at radius 2 is 1.93 bits per heavy atom. The Hall–Kier alpha value is -3.42. The van der Waals surface area contributed by atoms with Crippen molar-refractivity contribution in [3.05, 3.63) is 74.6 Å². The molecule has 0 fully saturated rings. The van der Waals surface area contributed by atoms with Crippen LogP contribution < -0.4 is 21.2 Å². The van der Waals surface area contributed by atoms with Crippen LogP contribution in [0.3, 0.4) is 0 Å². The minimum atomic E-state index is -0.845. The number of nitrogens with zero attached hydrogens (tertiary/aromatic N) is 1. The summed E-state index contributed by atoms with van der Waals surface area (Å²) in [7, 11) is 0. The Kier molecular flexibility index (Phi) is 5.35. The molecule has 3 rings (SSSR count). The van der Waals surface area contributed by atoms with Crippen molar-refractivity contribution in [3.8, 4) is 5.75 Å². The fourth-order valence-electron chi connectivity index (χ4n) is 2.62. The lowest BCUT2D eigenvalue weighted by Gasteiger charge is -2.11. The van der Waals surface area contributed by atoms with Crippen molar-refractivity contribution >= 4 is 16.9 Å². The first kappa shape index (κ1) is 18.4. The Bertz CT molecular complexity index is 1090. The van der Waals surface area contributed by atoms with Crippen molar-refractivity contribution in [2.24, 2.45) is 0 Å². The summed E-state index contributed by atoms with van der Waals surface area (Å²) in [5.74, 6) is -0.302. The zero-order chi connectivity index (χ0) is 19.4. The predicted octanol–water partition coefficient (Wildman–Crippen LogP) is 1.33. The smallest absolute Gasteiger partial charge is 0.316 e. The maximum Gasteiger partial charge on any atom is 0.316 e. The van der Waals surface area contributed by atoms with Crippen LogP contribution in [0.2, 0.25) is 0 Å². The molecule has 0 bridgehead atoms. The Labute approximate surface area is 153 Å². The van der Waals surface area contributed by atoms with E-state index in [1.54, 1.807) is 12.1 Å². The molecule has 0 radical (unpaired) electrons. The van der Waals surface area contributed by atoms with Crippen LogP contribution >= 0.6 is 0 Å². The number of aromatic nitrogens is 2. The molecule has 0 aliphatic heterocycles. The minimum absolute atomic E-state index is 0.0706. The van der Waals surface area contributed by atoms with Crippen LogP contribution in [-0.4, -0.2) is 28.6 Å². The SMILES string of the molecule is Cc1ccc(OCC(=O)NCCn2c(=O)c(=O)[nH]c3cc(F)ccc32)cc1. The minimum Gasteiger partial charge on any atom is -0.484 e. The van der Waals surface area contributed by atoms with Crippen molar-refractivity contribution in [3.63, 3.8) is 0 Å². The molecule has 0 aliphatic carbocycles. The highest BCUT2D eigenvalue weighted by atomic mass is 19.1. The zero-order valence-corrected chi connectivity index (χ0v) is 14.6. The van der Waals surface area contributed by atoms with E-state index in [-0.39, 0.29) is 31.1 Å². The topological polar surface area (TPSA) is 93.2 Å². The number of rotatable bonds is 6. The Morgan fingerprint density at radius 1 is 1.19 bits per heavy atom. The fraction of sp³-hybridized carbons (Fsp3) is 0.211. The molecule has 0 saturated heterocycles. The number of aromatic amines is 1. The van der Waals surface area contributed by atoms with Crippen LogP contribution in [0.4, 0.5) is 4.39 Å². The van der Waals surface area contributed by atoms with Gasteiger partial charge in [-0.2, -0.15) is 0 Å². The molecular formula is C19H18FN3O4. The van der Waals surface area contributed by atoms with E-state index >= 15 is 0 Å². The summed E-state index contributed by atoms with van der Waals surface area (Å²) in [6.07, 6.45) is 0. The van der Waals surface area contributed by atoms with Crippen molar-refractivity contribution < 1.29 is 13.9 Å². The van der Waals surface area contributed by atoms with Crippen molar-refractivity contribution in [1.82, 2.24) is 14.9 Å². The van der Waals surface area contributed by atoms with Crippen LogP contribution in [0, 0.1) is 12.7 Å². The molecule has 0 saturated carbocycles. The number of amides is 1. The lowest BCUT2D eigenvalue weighted by atomic mass is 10.2. The van der Waals surface area contributed by atoms with Crippen LogP contribution in [0.5, 0.6) is 5.75 Å². The third-order valence-electron chi connectivity index (χ3n) is 3.99. The highest BCUT2D eigenvalue weighted by Gasteiger charge is 2.09. The molecule has 0 spiro atoms. The molecule has 140 valence electrons. The number of hydrogen-bond acceptors (Lipinski definition) is 4. The number of carbonyl (C=O) groups is 1.